The highest BCUT2D eigenvalue weighted by Gasteiger charge is 2.62. The third-order valence-corrected chi connectivity index (χ3v) is 10.4. The van der Waals surface area contributed by atoms with Gasteiger partial charge in [-0.25, -0.2) is 19.6 Å². The van der Waals surface area contributed by atoms with Gasteiger partial charge in [0.1, 0.15) is 0 Å². The molecule has 0 aromatic carbocycles. The third-order valence-electron chi connectivity index (χ3n) is 10.4. The molecule has 0 unspecified atom stereocenters. The number of hydrogen-bond acceptors (Lipinski definition) is 4. The van der Waals surface area contributed by atoms with Crippen molar-refractivity contribution in [1.29, 1.82) is 0 Å². The maximum absolute atomic E-state index is 13.1. The van der Waals surface area contributed by atoms with E-state index in [1.807, 2.05) is 6.92 Å². The Morgan fingerprint density at radius 1 is 0.970 bits per heavy atom. The number of fused-ring (bicyclic) bond motifs is 7. The van der Waals surface area contributed by atoms with Crippen molar-refractivity contribution >= 4 is 12.2 Å². The van der Waals surface area contributed by atoms with Crippen LogP contribution in [0.3, 0.4) is 0 Å². The van der Waals surface area contributed by atoms with E-state index in [-0.39, 0.29) is 18.1 Å². The molecule has 184 valence electrons. The van der Waals surface area contributed by atoms with Gasteiger partial charge in [-0.3, -0.25) is 0 Å². The van der Waals surface area contributed by atoms with E-state index >= 15 is 0 Å². The van der Waals surface area contributed by atoms with Gasteiger partial charge in [-0.05, 0) is 98.9 Å². The van der Waals surface area contributed by atoms with Crippen molar-refractivity contribution in [2.24, 2.45) is 34.5 Å². The minimum Gasteiger partial charge on any atom is -0.448 e. The summed E-state index contributed by atoms with van der Waals surface area (Å²) in [6.45, 7) is 9.62. The number of carbonyl (C=O) groups excluding carboxylic acids is 2. The van der Waals surface area contributed by atoms with Crippen LogP contribution in [-0.2, 0) is 9.47 Å². The molecule has 0 radical (unpaired) electrons. The zero-order valence-corrected chi connectivity index (χ0v) is 21.0. The Labute approximate surface area is 199 Å². The van der Waals surface area contributed by atoms with Crippen molar-refractivity contribution in [1.82, 2.24) is 10.0 Å². The molecule has 5 aliphatic rings. The lowest BCUT2D eigenvalue weighted by Crippen LogP contribution is -2.57. The highest BCUT2D eigenvalue weighted by atomic mass is 16.6. The maximum atomic E-state index is 13.1. The monoisotopic (exact) mass is 458 g/mol. The van der Waals surface area contributed by atoms with E-state index in [9.17, 15) is 9.59 Å². The van der Waals surface area contributed by atoms with Gasteiger partial charge in [0.2, 0.25) is 0 Å². The zero-order chi connectivity index (χ0) is 23.4. The molecule has 0 saturated heterocycles. The van der Waals surface area contributed by atoms with E-state index in [4.69, 9.17) is 9.47 Å². The molecule has 4 aliphatic carbocycles. The predicted octanol–water partition coefficient (Wildman–Crippen LogP) is 6.17. The lowest BCUT2D eigenvalue weighted by Gasteiger charge is -2.60. The van der Waals surface area contributed by atoms with E-state index in [2.05, 4.69) is 19.9 Å². The summed E-state index contributed by atoms with van der Waals surface area (Å²) in [6, 6.07) is -0.104. The summed E-state index contributed by atoms with van der Waals surface area (Å²) in [4.78, 5) is 25.9. The first kappa shape index (κ1) is 23.0. The van der Waals surface area contributed by atoms with Gasteiger partial charge in [0.05, 0.1) is 25.8 Å². The summed E-state index contributed by atoms with van der Waals surface area (Å²) in [5.74, 6) is 2.98. The molecule has 5 rings (SSSR count). The maximum Gasteiger partial charge on any atom is 0.429 e. The normalized spacial score (nSPS) is 41.8. The SMILES string of the molecule is CCOC(=O)N1CC=C2[C@H](C[C@H]3[C@@H]4CC[C@H]5CCCC[C@]5(C)[C@H]4CC[C@]23C)N1C(=O)OCC. The minimum atomic E-state index is -0.464. The topological polar surface area (TPSA) is 59.1 Å². The first-order valence-electron chi connectivity index (χ1n) is 13.5. The van der Waals surface area contributed by atoms with Crippen LogP contribution >= 0.6 is 0 Å². The molecule has 0 aromatic rings. The summed E-state index contributed by atoms with van der Waals surface area (Å²) < 4.78 is 10.7. The number of hydrazine groups is 1. The van der Waals surface area contributed by atoms with Gasteiger partial charge in [0.15, 0.2) is 0 Å². The molecule has 7 atom stereocenters. The van der Waals surface area contributed by atoms with Crippen molar-refractivity contribution in [3.63, 3.8) is 0 Å². The second kappa shape index (κ2) is 8.49. The molecule has 1 heterocycles. The number of ether oxygens (including phenoxy) is 2. The molecule has 2 amide bonds. The molecule has 4 fully saturated rings. The van der Waals surface area contributed by atoms with Crippen molar-refractivity contribution < 1.29 is 19.1 Å². The van der Waals surface area contributed by atoms with Crippen molar-refractivity contribution in [2.45, 2.75) is 91.5 Å². The van der Waals surface area contributed by atoms with Crippen LogP contribution in [0, 0.1) is 34.5 Å². The molecule has 0 spiro atoms. The molecule has 6 nitrogen and oxygen atoms in total. The summed E-state index contributed by atoms with van der Waals surface area (Å²) in [6.07, 6.45) is 13.1. The van der Waals surface area contributed by atoms with E-state index < -0.39 is 12.2 Å². The molecule has 4 saturated carbocycles. The average molecular weight is 459 g/mol. The number of amides is 2. The van der Waals surface area contributed by atoms with Crippen molar-refractivity contribution in [3.05, 3.63) is 11.6 Å². The van der Waals surface area contributed by atoms with Gasteiger partial charge in [0.25, 0.3) is 0 Å². The lowest BCUT2D eigenvalue weighted by molar-refractivity contribution is -0.0979. The first-order valence-corrected chi connectivity index (χ1v) is 13.5. The average Bonchev–Trinajstić information content (AvgIpc) is 3.11. The Hall–Kier alpha value is -1.72. The molecule has 6 heteroatoms. The lowest BCUT2D eigenvalue weighted by atomic mass is 9.45. The van der Waals surface area contributed by atoms with Crippen LogP contribution in [0.15, 0.2) is 11.6 Å². The summed E-state index contributed by atoms with van der Waals surface area (Å²) in [7, 11) is 0. The van der Waals surface area contributed by atoms with E-state index in [1.165, 1.54) is 61.9 Å². The highest BCUT2D eigenvalue weighted by Crippen LogP contribution is 2.68. The van der Waals surface area contributed by atoms with E-state index in [0.29, 0.717) is 24.5 Å². The van der Waals surface area contributed by atoms with Crippen LogP contribution in [0.4, 0.5) is 9.59 Å². The van der Waals surface area contributed by atoms with Gasteiger partial charge < -0.3 is 9.47 Å². The van der Waals surface area contributed by atoms with Gasteiger partial charge in [-0.2, -0.15) is 0 Å². The molecule has 33 heavy (non-hydrogen) atoms. The predicted molar refractivity (Wildman–Crippen MR) is 126 cm³/mol. The van der Waals surface area contributed by atoms with Gasteiger partial charge >= 0.3 is 12.2 Å². The Balaban J connectivity index is 1.47. The highest BCUT2D eigenvalue weighted by molar-refractivity contribution is 5.76. The zero-order valence-electron chi connectivity index (χ0n) is 21.0. The smallest absolute Gasteiger partial charge is 0.429 e. The summed E-state index contributed by atoms with van der Waals surface area (Å²) in [5.41, 5.74) is 1.95. The third kappa shape index (κ3) is 3.41. The Bertz CT molecular complexity index is 827. The number of hydrogen-bond donors (Lipinski definition) is 0. The summed E-state index contributed by atoms with van der Waals surface area (Å²) >= 11 is 0. The number of carbonyl (C=O) groups is 2. The summed E-state index contributed by atoms with van der Waals surface area (Å²) in [5, 5.41) is 3.07. The molecular weight excluding hydrogens is 416 g/mol. The fraction of sp³-hybridized carbons (Fsp3) is 0.852. The minimum absolute atomic E-state index is 0.104. The van der Waals surface area contributed by atoms with Crippen LogP contribution in [0.1, 0.15) is 85.5 Å². The second-order valence-corrected chi connectivity index (χ2v) is 11.6. The van der Waals surface area contributed by atoms with Crippen molar-refractivity contribution in [2.75, 3.05) is 19.8 Å². The van der Waals surface area contributed by atoms with Gasteiger partial charge in [0, 0.05) is 0 Å². The fourth-order valence-electron chi connectivity index (χ4n) is 8.97. The number of rotatable bonds is 2. The molecule has 1 aliphatic heterocycles. The quantitative estimate of drug-likeness (QED) is 0.464. The fourth-order valence-corrected chi connectivity index (χ4v) is 8.97. The van der Waals surface area contributed by atoms with Crippen molar-refractivity contribution in [3.8, 4) is 0 Å². The van der Waals surface area contributed by atoms with E-state index in [0.717, 1.165) is 24.2 Å². The van der Waals surface area contributed by atoms with Crippen LogP contribution < -0.4 is 0 Å². The standard InChI is InChI=1S/C27H42N2O4/c1-5-32-24(30)28-16-13-21-23(29(28)25(31)33-6-2)17-22-19-11-10-18-9-7-8-14-26(18,3)20(19)12-15-27(21,22)4/h13,18-20,22-23H,5-12,14-17H2,1-4H3/t18-,19-,20+,22+,23+,26+,27-/m1/s1. The van der Waals surface area contributed by atoms with E-state index in [1.54, 1.807) is 11.9 Å². The Kier molecular flexibility index (Phi) is 5.93. The molecular formula is C27H42N2O4. The van der Waals surface area contributed by atoms with Gasteiger partial charge in [-0.15, -0.1) is 0 Å². The van der Waals surface area contributed by atoms with Gasteiger partial charge in [-0.1, -0.05) is 32.8 Å². The Morgan fingerprint density at radius 3 is 2.48 bits per heavy atom. The molecule has 0 aromatic heterocycles. The second-order valence-electron chi connectivity index (χ2n) is 11.6. The van der Waals surface area contributed by atoms with Crippen LogP contribution in [0.2, 0.25) is 0 Å². The Morgan fingerprint density at radius 2 is 1.73 bits per heavy atom. The van der Waals surface area contributed by atoms with Crippen LogP contribution in [-0.4, -0.2) is 48.0 Å². The van der Waals surface area contributed by atoms with Crippen LogP contribution in [0.5, 0.6) is 0 Å². The first-order chi connectivity index (χ1) is 15.8. The molecule has 0 N–H and O–H groups in total. The molecule has 0 bridgehead atoms. The largest absolute Gasteiger partial charge is 0.448 e. The van der Waals surface area contributed by atoms with Crippen LogP contribution in [0.25, 0.3) is 0 Å². The number of nitrogens with zero attached hydrogens (tertiary/aromatic N) is 2.